The van der Waals surface area contributed by atoms with Crippen LogP contribution in [0.5, 0.6) is 0 Å². The predicted molar refractivity (Wildman–Crippen MR) is 85.3 cm³/mol. The number of nitrogens with one attached hydrogen (secondary N) is 1. The van der Waals surface area contributed by atoms with Crippen LogP contribution in [0.15, 0.2) is 34.0 Å². The number of anilines is 1. The molecule has 0 aliphatic heterocycles. The normalized spacial score (nSPS) is 10.7. The lowest BCUT2D eigenvalue weighted by Crippen LogP contribution is -2.27. The van der Waals surface area contributed by atoms with Gasteiger partial charge in [0, 0.05) is 0 Å². The third kappa shape index (κ3) is 2.63. The summed E-state index contributed by atoms with van der Waals surface area (Å²) in [5.41, 5.74) is 5.81. The van der Waals surface area contributed by atoms with E-state index in [1.165, 1.54) is 39.6 Å². The minimum Gasteiger partial charge on any atom is -0.366 e. The maximum Gasteiger partial charge on any atom is 0.271 e. The number of aromatic nitrogens is 2. The number of nitrogens with zero attached hydrogens (tertiary/aromatic N) is 2. The zero-order valence-electron chi connectivity index (χ0n) is 11.1. The second kappa shape index (κ2) is 5.70. The van der Waals surface area contributed by atoms with Crippen LogP contribution in [-0.4, -0.2) is 21.4 Å². The number of rotatable bonds is 4. The standard InChI is InChI=1S/C13H10N4O3S2/c14-11(19)7-1-3-22-12(7)16-9(18)5-17-6-15-8-2-4-21-10(8)13(17)20/h1-4,6H,5H2,(H2,14,19)(H,16,18). The molecule has 0 fully saturated rings. The van der Waals surface area contributed by atoms with Gasteiger partial charge >= 0.3 is 0 Å². The van der Waals surface area contributed by atoms with Gasteiger partial charge in [-0.1, -0.05) is 0 Å². The molecule has 3 aromatic rings. The van der Waals surface area contributed by atoms with E-state index >= 15 is 0 Å². The highest BCUT2D eigenvalue weighted by Crippen LogP contribution is 2.22. The SMILES string of the molecule is NC(=O)c1ccsc1NC(=O)Cn1cnc2ccsc2c1=O. The Bertz CT molecular complexity index is 925. The minimum absolute atomic E-state index is 0.185. The van der Waals surface area contributed by atoms with Crippen molar-refractivity contribution >= 4 is 49.7 Å². The summed E-state index contributed by atoms with van der Waals surface area (Å²) in [4.78, 5) is 39.6. The third-order valence-electron chi connectivity index (χ3n) is 2.93. The Morgan fingerprint density at radius 1 is 1.27 bits per heavy atom. The summed E-state index contributed by atoms with van der Waals surface area (Å²) < 4.78 is 1.73. The van der Waals surface area contributed by atoms with E-state index in [1.807, 2.05) is 0 Å². The summed E-state index contributed by atoms with van der Waals surface area (Å²) >= 11 is 2.47. The maximum atomic E-state index is 12.2. The Balaban J connectivity index is 1.81. The first-order chi connectivity index (χ1) is 10.6. The van der Waals surface area contributed by atoms with Crippen LogP contribution < -0.4 is 16.6 Å². The monoisotopic (exact) mass is 334 g/mol. The number of hydrogen-bond acceptors (Lipinski definition) is 6. The maximum absolute atomic E-state index is 12.2. The van der Waals surface area contributed by atoms with Crippen molar-refractivity contribution in [1.82, 2.24) is 9.55 Å². The number of amides is 2. The summed E-state index contributed by atoms with van der Waals surface area (Å²) in [5.74, 6) is -1.04. The number of carbonyl (C=O) groups excluding carboxylic acids is 2. The summed E-state index contributed by atoms with van der Waals surface area (Å²) in [6.45, 7) is -0.185. The first-order valence-corrected chi connectivity index (χ1v) is 7.92. The molecule has 7 nitrogen and oxygen atoms in total. The van der Waals surface area contributed by atoms with Crippen molar-refractivity contribution in [3.63, 3.8) is 0 Å². The van der Waals surface area contributed by atoms with Gasteiger partial charge in [-0.25, -0.2) is 4.98 Å². The molecule has 0 aromatic carbocycles. The molecule has 0 aliphatic carbocycles. The van der Waals surface area contributed by atoms with Crippen LogP contribution in [0.2, 0.25) is 0 Å². The largest absolute Gasteiger partial charge is 0.366 e. The molecule has 3 N–H and O–H groups in total. The van der Waals surface area contributed by atoms with Gasteiger partial charge in [0.15, 0.2) is 0 Å². The number of fused-ring (bicyclic) bond motifs is 1. The van der Waals surface area contributed by atoms with E-state index in [4.69, 9.17) is 5.73 Å². The molecule has 2 amide bonds. The molecule has 0 bridgehead atoms. The van der Waals surface area contributed by atoms with Crippen molar-refractivity contribution in [3.05, 3.63) is 45.1 Å². The molecule has 0 saturated carbocycles. The van der Waals surface area contributed by atoms with Crippen LogP contribution in [0.3, 0.4) is 0 Å². The van der Waals surface area contributed by atoms with Crippen molar-refractivity contribution in [3.8, 4) is 0 Å². The van der Waals surface area contributed by atoms with Crippen molar-refractivity contribution in [2.75, 3.05) is 5.32 Å². The molecule has 3 rings (SSSR count). The summed E-state index contributed by atoms with van der Waals surface area (Å²) in [5, 5.41) is 6.38. The fourth-order valence-electron chi connectivity index (χ4n) is 1.91. The first kappa shape index (κ1) is 14.4. The van der Waals surface area contributed by atoms with Crippen molar-refractivity contribution in [1.29, 1.82) is 0 Å². The lowest BCUT2D eigenvalue weighted by molar-refractivity contribution is -0.116. The average molecular weight is 334 g/mol. The van der Waals surface area contributed by atoms with Gasteiger partial charge in [-0.3, -0.25) is 19.0 Å². The van der Waals surface area contributed by atoms with E-state index in [1.54, 1.807) is 16.8 Å². The molecule has 0 spiro atoms. The molecule has 0 unspecified atom stereocenters. The highest BCUT2D eigenvalue weighted by atomic mass is 32.1. The van der Waals surface area contributed by atoms with Crippen LogP contribution in [0.1, 0.15) is 10.4 Å². The number of carbonyl (C=O) groups is 2. The molecule has 0 aliphatic rings. The fourth-order valence-corrected chi connectivity index (χ4v) is 3.51. The first-order valence-electron chi connectivity index (χ1n) is 6.16. The van der Waals surface area contributed by atoms with Crippen molar-refractivity contribution < 1.29 is 9.59 Å². The zero-order chi connectivity index (χ0) is 15.7. The number of hydrogen-bond donors (Lipinski definition) is 2. The second-order valence-corrected chi connectivity index (χ2v) is 6.22. The van der Waals surface area contributed by atoms with Crippen LogP contribution in [0.4, 0.5) is 5.00 Å². The second-order valence-electron chi connectivity index (χ2n) is 4.39. The van der Waals surface area contributed by atoms with Gasteiger partial charge in [-0.2, -0.15) is 0 Å². The Morgan fingerprint density at radius 2 is 2.05 bits per heavy atom. The van der Waals surface area contributed by atoms with Gasteiger partial charge in [0.2, 0.25) is 5.91 Å². The van der Waals surface area contributed by atoms with E-state index < -0.39 is 11.8 Å². The molecule has 3 heterocycles. The summed E-state index contributed by atoms with van der Waals surface area (Å²) in [7, 11) is 0. The molecule has 0 radical (unpaired) electrons. The molecule has 22 heavy (non-hydrogen) atoms. The highest BCUT2D eigenvalue weighted by molar-refractivity contribution is 7.17. The van der Waals surface area contributed by atoms with E-state index in [0.29, 0.717) is 15.2 Å². The van der Waals surface area contributed by atoms with Gasteiger partial charge in [-0.05, 0) is 22.9 Å². The Hall–Kier alpha value is -2.52. The average Bonchev–Trinajstić information content (AvgIpc) is 3.10. The smallest absolute Gasteiger partial charge is 0.271 e. The topological polar surface area (TPSA) is 107 Å². The van der Waals surface area contributed by atoms with E-state index in [0.717, 1.165) is 0 Å². The number of thiophene rings is 2. The summed E-state index contributed by atoms with van der Waals surface area (Å²) in [6, 6.07) is 3.28. The van der Waals surface area contributed by atoms with Crippen LogP contribution >= 0.6 is 22.7 Å². The van der Waals surface area contributed by atoms with Gasteiger partial charge < -0.3 is 11.1 Å². The molecule has 0 saturated heterocycles. The van der Waals surface area contributed by atoms with Gasteiger partial charge in [0.05, 0.1) is 17.4 Å². The molecule has 9 heteroatoms. The van der Waals surface area contributed by atoms with Gasteiger partial charge in [-0.15, -0.1) is 22.7 Å². The number of primary amides is 1. The highest BCUT2D eigenvalue weighted by Gasteiger charge is 2.14. The molecular weight excluding hydrogens is 324 g/mol. The molecular formula is C13H10N4O3S2. The van der Waals surface area contributed by atoms with Gasteiger partial charge in [0.1, 0.15) is 16.2 Å². The van der Waals surface area contributed by atoms with E-state index in [2.05, 4.69) is 10.3 Å². The lowest BCUT2D eigenvalue weighted by Gasteiger charge is -2.06. The number of nitrogens with two attached hydrogens (primary N) is 1. The molecule has 0 atom stereocenters. The van der Waals surface area contributed by atoms with E-state index in [-0.39, 0.29) is 17.7 Å². The quantitative estimate of drug-likeness (QED) is 0.749. The minimum atomic E-state index is -0.615. The van der Waals surface area contributed by atoms with Crippen molar-refractivity contribution in [2.24, 2.45) is 5.73 Å². The third-order valence-corrected chi connectivity index (χ3v) is 4.65. The van der Waals surface area contributed by atoms with Crippen LogP contribution in [-0.2, 0) is 11.3 Å². The predicted octanol–water partition coefficient (Wildman–Crippen LogP) is 1.26. The van der Waals surface area contributed by atoms with E-state index in [9.17, 15) is 14.4 Å². The Kier molecular flexibility index (Phi) is 3.73. The van der Waals surface area contributed by atoms with Crippen molar-refractivity contribution in [2.45, 2.75) is 6.54 Å². The van der Waals surface area contributed by atoms with Crippen LogP contribution in [0, 0.1) is 0 Å². The van der Waals surface area contributed by atoms with Crippen LogP contribution in [0.25, 0.3) is 10.2 Å². The molecule has 112 valence electrons. The summed E-state index contributed by atoms with van der Waals surface area (Å²) in [6.07, 6.45) is 1.33. The Labute approximate surface area is 132 Å². The fraction of sp³-hybridized carbons (Fsp3) is 0.0769. The molecule has 3 aromatic heterocycles. The zero-order valence-corrected chi connectivity index (χ0v) is 12.7. The Morgan fingerprint density at radius 3 is 2.82 bits per heavy atom. The van der Waals surface area contributed by atoms with Gasteiger partial charge in [0.25, 0.3) is 11.5 Å². The lowest BCUT2D eigenvalue weighted by atomic mass is 10.3.